The molecule has 0 fully saturated rings. The van der Waals surface area contributed by atoms with Crippen molar-refractivity contribution in [3.05, 3.63) is 51.5 Å². The molecule has 11 nitrogen and oxygen atoms in total. The first-order chi connectivity index (χ1) is 14.0. The van der Waals surface area contributed by atoms with E-state index in [2.05, 4.69) is 30.8 Å². The predicted octanol–water partition coefficient (Wildman–Crippen LogP) is 2.59. The summed E-state index contributed by atoms with van der Waals surface area (Å²) in [4.78, 5) is 22.7. The maximum absolute atomic E-state index is 12.1. The van der Waals surface area contributed by atoms with Crippen molar-refractivity contribution < 1.29 is 9.72 Å². The van der Waals surface area contributed by atoms with Crippen LogP contribution in [0.5, 0.6) is 0 Å². The monoisotopic (exact) mass is 428 g/mol. The number of carbonyl (C=O) groups is 1. The zero-order chi connectivity index (χ0) is 20.4. The Morgan fingerprint density at radius 2 is 2.10 bits per heavy atom. The van der Waals surface area contributed by atoms with Crippen molar-refractivity contribution >= 4 is 45.5 Å². The van der Waals surface area contributed by atoms with Gasteiger partial charge in [0.1, 0.15) is 5.01 Å². The van der Waals surface area contributed by atoms with E-state index in [0.29, 0.717) is 27.2 Å². The van der Waals surface area contributed by atoms with Gasteiger partial charge in [0.15, 0.2) is 5.65 Å². The molecule has 0 saturated carbocycles. The molecule has 0 aliphatic heterocycles. The zero-order valence-corrected chi connectivity index (χ0v) is 16.5. The van der Waals surface area contributed by atoms with Gasteiger partial charge in [-0.1, -0.05) is 35.2 Å². The highest BCUT2D eigenvalue weighted by atomic mass is 32.2. The molecular weight excluding hydrogens is 416 g/mol. The van der Waals surface area contributed by atoms with Crippen molar-refractivity contribution in [2.24, 2.45) is 0 Å². The molecule has 1 amide bonds. The number of hydrogen-bond donors (Lipinski definition) is 1. The molecule has 0 unspecified atom stereocenters. The van der Waals surface area contributed by atoms with Gasteiger partial charge in [0.25, 0.3) is 5.69 Å². The molecule has 29 heavy (non-hydrogen) atoms. The number of nitrogens with one attached hydrogen (secondary N) is 1. The Morgan fingerprint density at radius 1 is 1.24 bits per heavy atom. The number of benzene rings is 1. The second-order valence-electron chi connectivity index (χ2n) is 5.74. The fraction of sp³-hybridized carbons (Fsp3) is 0.125. The number of carbonyl (C=O) groups excluding carboxylic acids is 1. The van der Waals surface area contributed by atoms with Gasteiger partial charge in [-0.3, -0.25) is 20.2 Å². The first kappa shape index (κ1) is 18.9. The number of nitro benzene ring substituents is 1. The number of fused-ring (bicyclic) bond motifs is 1. The van der Waals surface area contributed by atoms with Crippen molar-refractivity contribution in [1.82, 2.24) is 30.0 Å². The molecule has 3 aromatic heterocycles. The average molecular weight is 428 g/mol. The van der Waals surface area contributed by atoms with Crippen molar-refractivity contribution in [2.75, 3.05) is 11.1 Å². The fourth-order valence-electron chi connectivity index (χ4n) is 2.42. The predicted molar refractivity (Wildman–Crippen MR) is 107 cm³/mol. The summed E-state index contributed by atoms with van der Waals surface area (Å²) in [7, 11) is 0. The van der Waals surface area contributed by atoms with Gasteiger partial charge in [0.2, 0.25) is 16.2 Å². The Balaban J connectivity index is 1.53. The summed E-state index contributed by atoms with van der Waals surface area (Å²) in [6.45, 7) is 1.80. The van der Waals surface area contributed by atoms with Gasteiger partial charge in [-0.25, -0.2) is 0 Å². The molecule has 0 aliphatic rings. The van der Waals surface area contributed by atoms with Crippen molar-refractivity contribution in [3.63, 3.8) is 0 Å². The van der Waals surface area contributed by atoms with E-state index in [0.717, 1.165) is 5.01 Å². The number of anilines is 1. The third-order valence-electron chi connectivity index (χ3n) is 3.69. The van der Waals surface area contributed by atoms with Gasteiger partial charge < -0.3 is 0 Å². The van der Waals surface area contributed by atoms with Gasteiger partial charge in [0, 0.05) is 17.7 Å². The molecule has 0 atom stereocenters. The Morgan fingerprint density at radius 3 is 2.86 bits per heavy atom. The molecule has 146 valence electrons. The van der Waals surface area contributed by atoms with Crippen LogP contribution in [0.15, 0.2) is 41.6 Å². The second-order valence-corrected chi connectivity index (χ2v) is 7.87. The molecule has 4 aromatic rings. The maximum atomic E-state index is 12.1. The molecular formula is C16H12N8O3S2. The molecule has 1 aromatic carbocycles. The fourth-order valence-corrected chi connectivity index (χ4v) is 3.72. The summed E-state index contributed by atoms with van der Waals surface area (Å²) in [6.07, 6.45) is 0. The van der Waals surface area contributed by atoms with Crippen LogP contribution >= 0.6 is 23.1 Å². The lowest BCUT2D eigenvalue weighted by atomic mass is 10.1. The number of hydrogen-bond acceptors (Lipinski definition) is 10. The Labute approximate surface area is 171 Å². The quantitative estimate of drug-likeness (QED) is 0.278. The molecule has 0 bridgehead atoms. The van der Waals surface area contributed by atoms with E-state index in [4.69, 9.17) is 0 Å². The van der Waals surface area contributed by atoms with Crippen LogP contribution < -0.4 is 5.32 Å². The van der Waals surface area contributed by atoms with Gasteiger partial charge >= 0.3 is 0 Å². The SMILES string of the molecule is Cc1nnc(NC(=O)CSc2nnc3ccc(-c4cccc([N+](=O)[O-])c4)nn23)s1. The molecule has 0 spiro atoms. The van der Waals surface area contributed by atoms with E-state index in [1.54, 1.807) is 31.2 Å². The van der Waals surface area contributed by atoms with E-state index in [1.165, 1.54) is 39.7 Å². The Hall–Kier alpha value is -3.45. The zero-order valence-electron chi connectivity index (χ0n) is 14.8. The first-order valence-corrected chi connectivity index (χ1v) is 10.00. The topological polar surface area (TPSA) is 141 Å². The molecule has 0 aliphatic carbocycles. The largest absolute Gasteiger partial charge is 0.300 e. The van der Waals surface area contributed by atoms with E-state index < -0.39 is 4.92 Å². The minimum Gasteiger partial charge on any atom is -0.300 e. The summed E-state index contributed by atoms with van der Waals surface area (Å²) in [5.41, 5.74) is 1.60. The van der Waals surface area contributed by atoms with E-state index >= 15 is 0 Å². The molecule has 0 saturated heterocycles. The standard InChI is InChI=1S/C16H12N8O3S2/c1-9-18-20-15(29-9)17-14(25)8-28-16-21-19-13-6-5-12(22-23(13)16)10-3-2-4-11(7-10)24(26)27/h2-7H,8H2,1H3,(H,17,20,25). The average Bonchev–Trinajstić information content (AvgIpc) is 3.31. The van der Waals surface area contributed by atoms with Crippen LogP contribution in [-0.4, -0.2) is 46.6 Å². The lowest BCUT2D eigenvalue weighted by molar-refractivity contribution is -0.384. The maximum Gasteiger partial charge on any atom is 0.270 e. The summed E-state index contributed by atoms with van der Waals surface area (Å²) in [6, 6.07) is 9.61. The number of nitro groups is 1. The molecule has 0 radical (unpaired) electrons. The number of aryl methyl sites for hydroxylation is 1. The summed E-state index contributed by atoms with van der Waals surface area (Å²) in [5, 5.41) is 35.5. The number of non-ortho nitro benzene ring substituents is 1. The van der Waals surface area contributed by atoms with E-state index in [-0.39, 0.29) is 17.3 Å². The van der Waals surface area contributed by atoms with Crippen LogP contribution in [-0.2, 0) is 4.79 Å². The highest BCUT2D eigenvalue weighted by Gasteiger charge is 2.14. The third kappa shape index (κ3) is 4.20. The molecule has 4 rings (SSSR count). The van der Waals surface area contributed by atoms with E-state index in [1.807, 2.05) is 0 Å². The number of amides is 1. The highest BCUT2D eigenvalue weighted by molar-refractivity contribution is 7.99. The number of rotatable bonds is 6. The van der Waals surface area contributed by atoms with Crippen molar-refractivity contribution in [2.45, 2.75) is 12.1 Å². The Kier molecular flexibility index (Phi) is 5.14. The minimum atomic E-state index is -0.458. The van der Waals surface area contributed by atoms with Gasteiger partial charge in [-0.05, 0) is 19.1 Å². The van der Waals surface area contributed by atoms with Gasteiger partial charge in [-0.2, -0.15) is 9.61 Å². The van der Waals surface area contributed by atoms with Crippen LogP contribution in [0.2, 0.25) is 0 Å². The molecule has 3 heterocycles. The number of thioether (sulfide) groups is 1. The van der Waals surface area contributed by atoms with Crippen LogP contribution in [0.25, 0.3) is 16.9 Å². The van der Waals surface area contributed by atoms with Crippen LogP contribution in [0.4, 0.5) is 10.8 Å². The lowest BCUT2D eigenvalue weighted by Gasteiger charge is -2.03. The van der Waals surface area contributed by atoms with Crippen LogP contribution in [0.3, 0.4) is 0 Å². The smallest absolute Gasteiger partial charge is 0.270 e. The van der Waals surface area contributed by atoms with Gasteiger partial charge in [0.05, 0.1) is 16.4 Å². The number of aromatic nitrogens is 6. The second kappa shape index (κ2) is 7.89. The van der Waals surface area contributed by atoms with Gasteiger partial charge in [-0.15, -0.1) is 20.4 Å². The summed E-state index contributed by atoms with van der Waals surface area (Å²) < 4.78 is 1.50. The third-order valence-corrected chi connectivity index (χ3v) is 5.37. The minimum absolute atomic E-state index is 0.0219. The molecule has 1 N–H and O–H groups in total. The molecule has 13 heteroatoms. The summed E-state index contributed by atoms with van der Waals surface area (Å²) in [5.74, 6) is -0.167. The van der Waals surface area contributed by atoms with Crippen LogP contribution in [0, 0.1) is 17.0 Å². The summed E-state index contributed by atoms with van der Waals surface area (Å²) >= 11 is 2.45. The van der Waals surface area contributed by atoms with Crippen molar-refractivity contribution in [3.8, 4) is 11.3 Å². The normalized spacial score (nSPS) is 10.9. The van der Waals surface area contributed by atoms with E-state index in [9.17, 15) is 14.9 Å². The lowest BCUT2D eigenvalue weighted by Crippen LogP contribution is -2.14. The highest BCUT2D eigenvalue weighted by Crippen LogP contribution is 2.24. The van der Waals surface area contributed by atoms with Crippen LogP contribution in [0.1, 0.15) is 5.01 Å². The van der Waals surface area contributed by atoms with Crippen molar-refractivity contribution in [1.29, 1.82) is 0 Å². The first-order valence-electron chi connectivity index (χ1n) is 8.19. The Bertz CT molecular complexity index is 1220. The number of nitrogens with zero attached hydrogens (tertiary/aromatic N) is 7.